The van der Waals surface area contributed by atoms with E-state index in [1.807, 2.05) is 42.2 Å². The Bertz CT molecular complexity index is 424. The molecule has 1 aliphatic heterocycles. The quantitative estimate of drug-likeness (QED) is 0.917. The molecule has 110 valence electrons. The van der Waals surface area contributed by atoms with Crippen molar-refractivity contribution in [3.8, 4) is 0 Å². The maximum atomic E-state index is 12.1. The minimum atomic E-state index is -0.406. The summed E-state index contributed by atoms with van der Waals surface area (Å²) in [6.45, 7) is 5.59. The zero-order chi connectivity index (χ0) is 14.5. The molecule has 1 aliphatic rings. The van der Waals surface area contributed by atoms with E-state index in [1.165, 1.54) is 0 Å². The summed E-state index contributed by atoms with van der Waals surface area (Å²) in [5.41, 5.74) is 0.985. The molecule has 1 aromatic rings. The van der Waals surface area contributed by atoms with Crippen LogP contribution >= 0.6 is 0 Å². The molecule has 3 nitrogen and oxygen atoms in total. The maximum absolute atomic E-state index is 12.1. The molecule has 1 aromatic carbocycles. The van der Waals surface area contributed by atoms with Crippen molar-refractivity contribution in [1.82, 2.24) is 4.90 Å². The van der Waals surface area contributed by atoms with Crippen molar-refractivity contribution >= 4 is 5.91 Å². The zero-order valence-corrected chi connectivity index (χ0v) is 12.5. The van der Waals surface area contributed by atoms with Crippen molar-refractivity contribution in [3.63, 3.8) is 0 Å². The van der Waals surface area contributed by atoms with Crippen molar-refractivity contribution in [2.24, 2.45) is 11.8 Å². The van der Waals surface area contributed by atoms with Crippen LogP contribution in [0.4, 0.5) is 0 Å². The molecule has 3 heteroatoms. The van der Waals surface area contributed by atoms with E-state index in [2.05, 4.69) is 6.92 Å². The van der Waals surface area contributed by atoms with Gasteiger partial charge in [-0.05, 0) is 30.7 Å². The van der Waals surface area contributed by atoms with Gasteiger partial charge in [0.2, 0.25) is 5.91 Å². The molecular weight excluding hydrogens is 250 g/mol. The first-order valence-corrected chi connectivity index (χ1v) is 7.65. The number of likely N-dealkylation sites (tertiary alicyclic amines) is 1. The second-order valence-electron chi connectivity index (χ2n) is 5.83. The normalized spacial score (nSPS) is 19.6. The topological polar surface area (TPSA) is 40.5 Å². The SMILES string of the molecule is CCC(C)C(=O)N1CCC(C(O)c2ccccc2)CC1. The van der Waals surface area contributed by atoms with E-state index in [0.717, 1.165) is 37.9 Å². The number of hydrogen-bond acceptors (Lipinski definition) is 2. The lowest BCUT2D eigenvalue weighted by atomic mass is 9.87. The summed E-state index contributed by atoms with van der Waals surface area (Å²) in [6.07, 6.45) is 2.26. The molecule has 2 unspecified atom stereocenters. The van der Waals surface area contributed by atoms with Crippen LogP contribution in [-0.4, -0.2) is 29.0 Å². The summed E-state index contributed by atoms with van der Waals surface area (Å²) in [6, 6.07) is 9.83. The van der Waals surface area contributed by atoms with Crippen LogP contribution in [-0.2, 0) is 4.79 Å². The highest BCUT2D eigenvalue weighted by Crippen LogP contribution is 2.31. The van der Waals surface area contributed by atoms with E-state index >= 15 is 0 Å². The third kappa shape index (κ3) is 3.40. The van der Waals surface area contributed by atoms with Gasteiger partial charge in [-0.15, -0.1) is 0 Å². The molecule has 2 rings (SSSR count). The lowest BCUT2D eigenvalue weighted by Crippen LogP contribution is -2.42. The Hall–Kier alpha value is -1.35. The summed E-state index contributed by atoms with van der Waals surface area (Å²) in [5, 5.41) is 10.4. The fraction of sp³-hybridized carbons (Fsp3) is 0.588. The Morgan fingerprint density at radius 2 is 1.90 bits per heavy atom. The van der Waals surface area contributed by atoms with Gasteiger partial charge in [0.1, 0.15) is 0 Å². The molecular formula is C17H25NO2. The summed E-state index contributed by atoms with van der Waals surface area (Å²) < 4.78 is 0. The monoisotopic (exact) mass is 275 g/mol. The van der Waals surface area contributed by atoms with Gasteiger partial charge in [0.05, 0.1) is 6.10 Å². The van der Waals surface area contributed by atoms with Crippen LogP contribution in [0.3, 0.4) is 0 Å². The van der Waals surface area contributed by atoms with Crippen LogP contribution in [0.1, 0.15) is 44.8 Å². The van der Waals surface area contributed by atoms with Gasteiger partial charge >= 0.3 is 0 Å². The van der Waals surface area contributed by atoms with Crippen molar-refractivity contribution in [2.45, 2.75) is 39.2 Å². The Balaban J connectivity index is 1.90. The van der Waals surface area contributed by atoms with Crippen LogP contribution in [0, 0.1) is 11.8 Å². The third-order valence-electron chi connectivity index (χ3n) is 4.47. The largest absolute Gasteiger partial charge is 0.388 e. The van der Waals surface area contributed by atoms with Crippen LogP contribution in [0.25, 0.3) is 0 Å². The fourth-order valence-corrected chi connectivity index (χ4v) is 2.84. The number of rotatable bonds is 4. The molecule has 0 radical (unpaired) electrons. The highest BCUT2D eigenvalue weighted by atomic mass is 16.3. The molecule has 1 N–H and O–H groups in total. The van der Waals surface area contributed by atoms with Crippen molar-refractivity contribution < 1.29 is 9.90 Å². The number of aliphatic hydroxyl groups is 1. The summed E-state index contributed by atoms with van der Waals surface area (Å²) in [5.74, 6) is 0.643. The first-order chi connectivity index (χ1) is 9.63. The number of benzene rings is 1. The van der Waals surface area contributed by atoms with Crippen LogP contribution in [0.5, 0.6) is 0 Å². The van der Waals surface area contributed by atoms with E-state index in [-0.39, 0.29) is 17.7 Å². The number of nitrogens with zero attached hydrogens (tertiary/aromatic N) is 1. The Labute approximate surface area is 121 Å². The molecule has 1 saturated heterocycles. The molecule has 1 heterocycles. The second kappa shape index (κ2) is 6.89. The van der Waals surface area contributed by atoms with Crippen LogP contribution < -0.4 is 0 Å². The molecule has 0 saturated carbocycles. The number of carbonyl (C=O) groups is 1. The third-order valence-corrected chi connectivity index (χ3v) is 4.47. The van der Waals surface area contributed by atoms with Gasteiger partial charge in [-0.25, -0.2) is 0 Å². The first-order valence-electron chi connectivity index (χ1n) is 7.65. The standard InChI is InChI=1S/C17H25NO2/c1-3-13(2)17(20)18-11-9-15(10-12-18)16(19)14-7-5-4-6-8-14/h4-8,13,15-16,19H,3,9-12H2,1-2H3. The predicted molar refractivity (Wildman–Crippen MR) is 80.2 cm³/mol. The molecule has 0 spiro atoms. The highest BCUT2D eigenvalue weighted by molar-refractivity contribution is 5.78. The number of hydrogen-bond donors (Lipinski definition) is 1. The number of aliphatic hydroxyl groups excluding tert-OH is 1. The number of amides is 1. The van der Waals surface area contributed by atoms with E-state index in [9.17, 15) is 9.90 Å². The number of piperidine rings is 1. The van der Waals surface area contributed by atoms with Crippen molar-refractivity contribution in [1.29, 1.82) is 0 Å². The Morgan fingerprint density at radius 1 is 1.30 bits per heavy atom. The van der Waals surface area contributed by atoms with E-state index < -0.39 is 6.10 Å². The fourth-order valence-electron chi connectivity index (χ4n) is 2.84. The van der Waals surface area contributed by atoms with Crippen LogP contribution in [0.15, 0.2) is 30.3 Å². The predicted octanol–water partition coefficient (Wildman–Crippen LogP) is 3.00. The summed E-state index contributed by atoms with van der Waals surface area (Å²) in [7, 11) is 0. The average Bonchev–Trinajstić information content (AvgIpc) is 2.53. The molecule has 0 bridgehead atoms. The molecule has 2 atom stereocenters. The molecule has 20 heavy (non-hydrogen) atoms. The maximum Gasteiger partial charge on any atom is 0.225 e. The number of carbonyl (C=O) groups excluding carboxylic acids is 1. The van der Waals surface area contributed by atoms with E-state index in [1.54, 1.807) is 0 Å². The molecule has 1 amide bonds. The van der Waals surface area contributed by atoms with Gasteiger partial charge in [-0.2, -0.15) is 0 Å². The van der Waals surface area contributed by atoms with Gasteiger partial charge in [0.15, 0.2) is 0 Å². The van der Waals surface area contributed by atoms with Gasteiger partial charge in [-0.3, -0.25) is 4.79 Å². The van der Waals surface area contributed by atoms with E-state index in [0.29, 0.717) is 0 Å². The van der Waals surface area contributed by atoms with Crippen molar-refractivity contribution in [3.05, 3.63) is 35.9 Å². The smallest absolute Gasteiger partial charge is 0.225 e. The summed E-state index contributed by atoms with van der Waals surface area (Å²) in [4.78, 5) is 14.1. The minimum absolute atomic E-state index is 0.116. The van der Waals surface area contributed by atoms with Gasteiger partial charge in [-0.1, -0.05) is 44.2 Å². The second-order valence-corrected chi connectivity index (χ2v) is 5.83. The van der Waals surface area contributed by atoms with E-state index in [4.69, 9.17) is 0 Å². The lowest BCUT2D eigenvalue weighted by Gasteiger charge is -2.35. The summed E-state index contributed by atoms with van der Waals surface area (Å²) >= 11 is 0. The van der Waals surface area contributed by atoms with Gasteiger partial charge < -0.3 is 10.0 Å². The molecule has 1 fully saturated rings. The van der Waals surface area contributed by atoms with Crippen molar-refractivity contribution in [2.75, 3.05) is 13.1 Å². The minimum Gasteiger partial charge on any atom is -0.388 e. The first kappa shape index (κ1) is 15.0. The van der Waals surface area contributed by atoms with Crippen LogP contribution in [0.2, 0.25) is 0 Å². The lowest BCUT2D eigenvalue weighted by molar-refractivity contribution is -0.137. The van der Waals surface area contributed by atoms with Gasteiger partial charge in [0, 0.05) is 19.0 Å². The average molecular weight is 275 g/mol. The Kier molecular flexibility index (Phi) is 5.18. The molecule has 0 aromatic heterocycles. The molecule has 0 aliphatic carbocycles. The van der Waals surface area contributed by atoms with Gasteiger partial charge in [0.25, 0.3) is 0 Å². The Morgan fingerprint density at radius 3 is 2.45 bits per heavy atom. The zero-order valence-electron chi connectivity index (χ0n) is 12.5. The highest BCUT2D eigenvalue weighted by Gasteiger charge is 2.29.